The summed E-state index contributed by atoms with van der Waals surface area (Å²) in [4.78, 5) is 28.3. The molecule has 0 bridgehead atoms. The number of carbonyl (C=O) groups is 2. The topological polar surface area (TPSA) is 300 Å². The van der Waals surface area contributed by atoms with E-state index in [0.717, 1.165) is 11.1 Å². The Morgan fingerprint density at radius 3 is 1.89 bits per heavy atom. The SMILES string of the molecule is CC(C)CCC(=O)N[C@@H](Cc1ccc(OC2=C(/C=C/C3N(CCCCS(=O)(=O)O)c4ccc(S(=O)(=O)O)cc4C3(C)C)CCC/C2=C\C=C2\N(CCCCS(=O)(=O)O)c3ccc(S(=O)(=O)O)cc3C2(C)C)cc1)C(=O)O. The number of rotatable bonds is 24. The molecule has 0 spiro atoms. The van der Waals surface area contributed by atoms with Crippen LogP contribution in [-0.2, 0) is 67.3 Å². The monoisotopic (exact) mass is 1130 g/mol. The van der Waals surface area contributed by atoms with Crippen LogP contribution in [0.5, 0.6) is 5.75 Å². The molecule has 0 saturated carbocycles. The molecule has 0 radical (unpaired) electrons. The first-order valence-electron chi connectivity index (χ1n) is 25.1. The van der Waals surface area contributed by atoms with Crippen molar-refractivity contribution in [3.63, 3.8) is 0 Å². The molecule has 6 N–H and O–H groups in total. The number of carboxylic acids is 1. The number of hydrogen-bond donors (Lipinski definition) is 6. The lowest BCUT2D eigenvalue weighted by molar-refractivity contribution is -0.141. The van der Waals surface area contributed by atoms with Crippen molar-refractivity contribution in [2.24, 2.45) is 5.92 Å². The van der Waals surface area contributed by atoms with E-state index >= 15 is 0 Å². The molecular formula is C53H69N3O16S4. The van der Waals surface area contributed by atoms with Crippen molar-refractivity contribution in [2.75, 3.05) is 34.4 Å². The van der Waals surface area contributed by atoms with Gasteiger partial charge in [0.05, 0.1) is 27.3 Å². The van der Waals surface area contributed by atoms with E-state index in [0.29, 0.717) is 90.3 Å². The van der Waals surface area contributed by atoms with Crippen LogP contribution in [0.15, 0.2) is 117 Å². The molecule has 0 fully saturated rings. The van der Waals surface area contributed by atoms with Gasteiger partial charge in [-0.2, -0.15) is 33.7 Å². The highest BCUT2D eigenvalue weighted by atomic mass is 32.2. The average Bonchev–Trinajstić information content (AvgIpc) is 3.66. The van der Waals surface area contributed by atoms with Crippen molar-refractivity contribution in [2.45, 2.75) is 138 Å². The molecule has 6 rings (SSSR count). The smallest absolute Gasteiger partial charge is 0.326 e. The molecule has 76 heavy (non-hydrogen) atoms. The highest BCUT2D eigenvalue weighted by Gasteiger charge is 2.44. The molecule has 1 unspecified atom stereocenters. The number of hydrogen-bond acceptors (Lipinski definition) is 13. The fourth-order valence-corrected chi connectivity index (χ4v) is 12.2. The van der Waals surface area contributed by atoms with Crippen LogP contribution in [0.4, 0.5) is 11.4 Å². The highest BCUT2D eigenvalue weighted by molar-refractivity contribution is 7.86. The van der Waals surface area contributed by atoms with Crippen molar-refractivity contribution >= 4 is 63.7 Å². The number of fused-ring (bicyclic) bond motifs is 2. The van der Waals surface area contributed by atoms with Gasteiger partial charge in [-0.25, -0.2) is 4.79 Å². The Morgan fingerprint density at radius 2 is 1.33 bits per heavy atom. The maximum absolute atomic E-state index is 12.6. The molecule has 2 heterocycles. The molecule has 0 saturated heterocycles. The number of unbranched alkanes of at least 4 members (excludes halogenated alkanes) is 2. The molecule has 3 aliphatic rings. The third-order valence-electron chi connectivity index (χ3n) is 14.2. The second kappa shape index (κ2) is 23.7. The third-order valence-corrected chi connectivity index (χ3v) is 17.5. The average molecular weight is 1130 g/mol. The fourth-order valence-electron chi connectivity index (χ4n) is 10.1. The summed E-state index contributed by atoms with van der Waals surface area (Å²) in [6.07, 6.45) is 11.2. The molecule has 2 aliphatic heterocycles. The second-order valence-corrected chi connectivity index (χ2v) is 27.1. The van der Waals surface area contributed by atoms with Crippen molar-refractivity contribution in [3.8, 4) is 5.75 Å². The van der Waals surface area contributed by atoms with Crippen molar-refractivity contribution in [1.29, 1.82) is 0 Å². The van der Waals surface area contributed by atoms with Gasteiger partial charge < -0.3 is 25.0 Å². The number of nitrogens with zero attached hydrogens (tertiary/aromatic N) is 2. The zero-order valence-corrected chi connectivity index (χ0v) is 46.7. The first kappa shape index (κ1) is 59.8. The largest absolute Gasteiger partial charge is 0.480 e. The molecule has 3 aromatic carbocycles. The molecule has 1 aliphatic carbocycles. The van der Waals surface area contributed by atoms with Crippen molar-refractivity contribution in [1.82, 2.24) is 5.32 Å². The Morgan fingerprint density at radius 1 is 0.750 bits per heavy atom. The van der Waals surface area contributed by atoms with Gasteiger partial charge in [0, 0.05) is 53.8 Å². The molecular weight excluding hydrogens is 1060 g/mol. The van der Waals surface area contributed by atoms with E-state index in [2.05, 4.69) is 5.32 Å². The molecule has 23 heteroatoms. The van der Waals surface area contributed by atoms with E-state index in [1.807, 2.05) is 75.6 Å². The van der Waals surface area contributed by atoms with E-state index < -0.39 is 80.9 Å². The fraction of sp³-hybridized carbons (Fsp3) is 0.472. The Bertz CT molecular complexity index is 3270. The van der Waals surface area contributed by atoms with Gasteiger partial charge in [0.25, 0.3) is 40.5 Å². The highest BCUT2D eigenvalue weighted by Crippen LogP contribution is 2.50. The molecule has 1 amide bonds. The van der Waals surface area contributed by atoms with Gasteiger partial charge in [-0.05, 0) is 140 Å². The van der Waals surface area contributed by atoms with Crippen LogP contribution in [0.25, 0.3) is 0 Å². The third kappa shape index (κ3) is 15.2. The van der Waals surface area contributed by atoms with Crippen LogP contribution in [-0.4, -0.2) is 106 Å². The van der Waals surface area contributed by atoms with Gasteiger partial charge in [0.15, 0.2) is 0 Å². The summed E-state index contributed by atoms with van der Waals surface area (Å²) in [6, 6.07) is 13.8. The summed E-state index contributed by atoms with van der Waals surface area (Å²) in [7, 11) is -17.6. The Labute approximate surface area is 446 Å². The lowest BCUT2D eigenvalue weighted by Crippen LogP contribution is -2.42. The van der Waals surface area contributed by atoms with Gasteiger partial charge in [0.2, 0.25) is 5.91 Å². The molecule has 2 atom stereocenters. The van der Waals surface area contributed by atoms with Crippen LogP contribution in [0.3, 0.4) is 0 Å². The summed E-state index contributed by atoms with van der Waals surface area (Å²) in [5.74, 6) is -1.31. The van der Waals surface area contributed by atoms with Crippen LogP contribution in [0, 0.1) is 5.92 Å². The van der Waals surface area contributed by atoms with Crippen LogP contribution < -0.4 is 19.9 Å². The maximum Gasteiger partial charge on any atom is 0.326 e. The van der Waals surface area contributed by atoms with Crippen LogP contribution >= 0.6 is 0 Å². The predicted molar refractivity (Wildman–Crippen MR) is 289 cm³/mol. The number of benzene rings is 3. The van der Waals surface area contributed by atoms with Gasteiger partial charge in [-0.15, -0.1) is 0 Å². The first-order valence-corrected chi connectivity index (χ1v) is 31.2. The quantitative estimate of drug-likeness (QED) is 0.0364. The Kier molecular flexibility index (Phi) is 18.6. The van der Waals surface area contributed by atoms with E-state index in [4.69, 9.17) is 4.74 Å². The molecule has 416 valence electrons. The van der Waals surface area contributed by atoms with Gasteiger partial charge in [0.1, 0.15) is 17.6 Å². The Balaban J connectivity index is 1.44. The lowest BCUT2D eigenvalue weighted by Gasteiger charge is -2.33. The van der Waals surface area contributed by atoms with Crippen LogP contribution in [0.2, 0.25) is 0 Å². The number of carbonyl (C=O) groups excluding carboxylic acids is 1. The van der Waals surface area contributed by atoms with Crippen LogP contribution in [0.1, 0.15) is 116 Å². The minimum Gasteiger partial charge on any atom is -0.480 e. The van der Waals surface area contributed by atoms with Gasteiger partial charge in [-0.3, -0.25) is 23.0 Å². The number of amides is 1. The predicted octanol–water partition coefficient (Wildman–Crippen LogP) is 8.21. The number of aliphatic carboxylic acids is 1. The van der Waals surface area contributed by atoms with Crippen molar-refractivity contribution in [3.05, 3.63) is 124 Å². The normalized spacial score (nSPS) is 19.2. The van der Waals surface area contributed by atoms with E-state index in [-0.39, 0.29) is 53.8 Å². The van der Waals surface area contributed by atoms with Gasteiger partial charge >= 0.3 is 5.97 Å². The summed E-state index contributed by atoms with van der Waals surface area (Å²) >= 11 is 0. The minimum atomic E-state index is -4.58. The zero-order valence-electron chi connectivity index (χ0n) is 43.5. The number of carboxylic acid groups (broad SMARTS) is 1. The second-order valence-electron chi connectivity index (χ2n) is 21.1. The summed E-state index contributed by atoms with van der Waals surface area (Å²) in [5, 5.41) is 12.6. The lowest BCUT2D eigenvalue weighted by atomic mass is 9.80. The first-order chi connectivity index (χ1) is 35.3. The molecule has 0 aromatic heterocycles. The molecule has 3 aromatic rings. The van der Waals surface area contributed by atoms with E-state index in [1.54, 1.807) is 36.4 Å². The summed E-state index contributed by atoms with van der Waals surface area (Å²) in [6.45, 7) is 12.2. The zero-order chi connectivity index (χ0) is 56.2. The summed E-state index contributed by atoms with van der Waals surface area (Å²) in [5.41, 5.74) is 3.73. The molecule has 19 nitrogen and oxygen atoms in total. The van der Waals surface area contributed by atoms with Crippen molar-refractivity contribution < 1.29 is 71.3 Å². The number of nitrogens with one attached hydrogen (secondary N) is 1. The number of ether oxygens (including phenoxy) is 1. The number of allylic oxidation sites excluding steroid dienone is 6. The van der Waals surface area contributed by atoms with E-state index in [1.165, 1.54) is 24.3 Å². The summed E-state index contributed by atoms with van der Waals surface area (Å²) < 4.78 is 142. The van der Waals surface area contributed by atoms with E-state index in [9.17, 15) is 66.6 Å². The standard InChI is InChI=1S/C53H69N3O16S4/c1-35(2)14-27-49(57)54-44(51(58)59)32-36-15-19-39(20-16-36)72-50-37(17-25-47-52(3,4)42-33-40(75(66,67)68)21-23-45(42)55(47)28-7-9-30-73(60,61)62)12-11-13-38(50)18-26-48-53(5,6)43-34-41(76(69,70)71)22-24-46(43)56(48)29-8-10-31-74(63,64)65/h15-26,33-35,44,47H,7-14,27-32H2,1-6H3,(H,54,57)(H,58,59)(H,60,61,62)(H,63,64,65)(H,66,67,68)(H,69,70,71)/b25-17+,38-18+,48-26+/t44-,47?/m0/s1. The number of anilines is 2. The van der Waals surface area contributed by atoms with Gasteiger partial charge in [-0.1, -0.05) is 71.9 Å². The minimum absolute atomic E-state index is 0.00621. The maximum atomic E-state index is 12.6. The Hall–Kier alpha value is -5.40.